The van der Waals surface area contributed by atoms with Gasteiger partial charge in [-0.2, -0.15) is 0 Å². The van der Waals surface area contributed by atoms with Crippen LogP contribution in [0.4, 0.5) is 18.9 Å². The molecule has 1 N–H and O–H groups in total. The molecule has 3 nitrogen and oxygen atoms in total. The second kappa shape index (κ2) is 4.28. The van der Waals surface area contributed by atoms with Crippen LogP contribution >= 0.6 is 11.6 Å². The minimum Gasteiger partial charge on any atom is -0.282 e. The average Bonchev–Trinajstić information content (AvgIpc) is 2.13. The first-order chi connectivity index (χ1) is 6.85. The van der Waals surface area contributed by atoms with E-state index >= 15 is 0 Å². The Morgan fingerprint density at radius 2 is 1.67 bits per heavy atom. The average molecular weight is 260 g/mol. The van der Waals surface area contributed by atoms with Crippen molar-refractivity contribution in [2.75, 3.05) is 9.93 Å². The van der Waals surface area contributed by atoms with Crippen LogP contribution in [0.1, 0.15) is 0 Å². The van der Waals surface area contributed by atoms with Crippen molar-refractivity contribution in [3.8, 4) is 0 Å². The Morgan fingerprint density at radius 1 is 1.20 bits per heavy atom. The Labute approximate surface area is 88.9 Å². The van der Waals surface area contributed by atoms with Gasteiger partial charge in [0.15, 0.2) is 17.5 Å². The molecule has 0 fully saturated rings. The van der Waals surface area contributed by atoms with Crippen molar-refractivity contribution in [1.29, 1.82) is 0 Å². The molecule has 0 heterocycles. The normalized spacial score (nSPS) is 11.5. The Kier molecular flexibility index (Phi) is 3.46. The summed E-state index contributed by atoms with van der Waals surface area (Å²) in [5.74, 6) is -4.63. The summed E-state index contributed by atoms with van der Waals surface area (Å²) in [7, 11) is -3.86. The minimum absolute atomic E-state index is 0.424. The van der Waals surface area contributed by atoms with Crippen molar-refractivity contribution in [1.82, 2.24) is 0 Å². The SMILES string of the molecule is O=S(=O)(CCl)Nc1cc(F)c(F)c(F)c1. The second-order valence-electron chi connectivity index (χ2n) is 2.58. The van der Waals surface area contributed by atoms with Gasteiger partial charge in [-0.25, -0.2) is 21.6 Å². The highest BCUT2D eigenvalue weighted by Gasteiger charge is 2.14. The standard InChI is InChI=1S/C7H5ClF3NO2S/c8-3-15(13,14)12-4-1-5(9)7(11)6(10)2-4/h1-2,12H,3H2. The lowest BCUT2D eigenvalue weighted by Crippen LogP contribution is -2.14. The van der Waals surface area contributed by atoms with Gasteiger partial charge in [-0.3, -0.25) is 4.72 Å². The fourth-order valence-electron chi connectivity index (χ4n) is 0.821. The summed E-state index contributed by atoms with van der Waals surface area (Å²) in [6.07, 6.45) is 0. The Morgan fingerprint density at radius 3 is 2.07 bits per heavy atom. The minimum atomic E-state index is -3.86. The fourth-order valence-corrected chi connectivity index (χ4v) is 1.52. The smallest absolute Gasteiger partial charge is 0.246 e. The maximum absolute atomic E-state index is 12.6. The zero-order valence-corrected chi connectivity index (χ0v) is 8.67. The molecule has 15 heavy (non-hydrogen) atoms. The summed E-state index contributed by atoms with van der Waals surface area (Å²) in [4.78, 5) is 0. The summed E-state index contributed by atoms with van der Waals surface area (Å²) in [6, 6.07) is 1.03. The lowest BCUT2D eigenvalue weighted by molar-refractivity contribution is 0.448. The summed E-state index contributed by atoms with van der Waals surface area (Å²) in [6.45, 7) is 0. The number of anilines is 1. The maximum atomic E-state index is 12.6. The quantitative estimate of drug-likeness (QED) is 0.667. The van der Waals surface area contributed by atoms with E-state index in [1.807, 2.05) is 0 Å². The van der Waals surface area contributed by atoms with E-state index in [0.717, 1.165) is 0 Å². The van der Waals surface area contributed by atoms with Gasteiger partial charge in [0.2, 0.25) is 10.0 Å². The third kappa shape index (κ3) is 3.00. The maximum Gasteiger partial charge on any atom is 0.246 e. The molecule has 0 aliphatic rings. The van der Waals surface area contributed by atoms with Crippen molar-refractivity contribution < 1.29 is 21.6 Å². The number of hydrogen-bond acceptors (Lipinski definition) is 2. The molecule has 0 aromatic heterocycles. The molecule has 84 valence electrons. The van der Waals surface area contributed by atoms with Crippen molar-refractivity contribution in [2.24, 2.45) is 0 Å². The molecule has 0 unspecified atom stereocenters. The van der Waals surface area contributed by atoms with Gasteiger partial charge in [-0.1, -0.05) is 0 Å². The molecule has 8 heteroatoms. The first-order valence-corrected chi connectivity index (χ1v) is 5.75. The summed E-state index contributed by atoms with van der Waals surface area (Å²) >= 11 is 5.04. The van der Waals surface area contributed by atoms with Crippen molar-refractivity contribution >= 4 is 27.3 Å². The number of halogens is 4. The Balaban J connectivity index is 3.08. The third-order valence-corrected chi connectivity index (χ3v) is 3.10. The van der Waals surface area contributed by atoms with E-state index < -0.39 is 38.4 Å². The molecule has 0 aliphatic heterocycles. The van der Waals surface area contributed by atoms with E-state index in [-0.39, 0.29) is 0 Å². The highest BCUT2D eigenvalue weighted by Crippen LogP contribution is 2.18. The predicted octanol–water partition coefficient (Wildman–Crippen LogP) is 2.04. The molecule has 0 amide bonds. The van der Waals surface area contributed by atoms with E-state index in [2.05, 4.69) is 0 Å². The number of alkyl halides is 1. The van der Waals surface area contributed by atoms with Gasteiger partial charge in [0.05, 0.1) is 5.69 Å². The monoisotopic (exact) mass is 259 g/mol. The molecule has 0 bridgehead atoms. The lowest BCUT2D eigenvalue weighted by atomic mass is 10.3. The van der Waals surface area contributed by atoms with E-state index in [1.165, 1.54) is 0 Å². The third-order valence-electron chi connectivity index (χ3n) is 1.40. The Hall–Kier alpha value is -0.950. The highest BCUT2D eigenvalue weighted by atomic mass is 35.5. The van der Waals surface area contributed by atoms with Gasteiger partial charge in [0, 0.05) is 12.1 Å². The van der Waals surface area contributed by atoms with Crippen LogP contribution in [0.15, 0.2) is 12.1 Å². The molecule has 0 aliphatic carbocycles. The summed E-state index contributed by atoms with van der Waals surface area (Å²) in [5.41, 5.74) is -0.424. The highest BCUT2D eigenvalue weighted by molar-refractivity contribution is 7.93. The van der Waals surface area contributed by atoms with E-state index in [4.69, 9.17) is 11.6 Å². The molecule has 0 spiro atoms. The lowest BCUT2D eigenvalue weighted by Gasteiger charge is -2.05. The fraction of sp³-hybridized carbons (Fsp3) is 0.143. The van der Waals surface area contributed by atoms with Gasteiger partial charge < -0.3 is 0 Å². The molecular formula is C7H5ClF3NO2S. The number of sulfonamides is 1. The first-order valence-electron chi connectivity index (χ1n) is 3.57. The molecule has 1 rings (SSSR count). The molecule has 0 radical (unpaired) electrons. The largest absolute Gasteiger partial charge is 0.282 e. The number of rotatable bonds is 3. The van der Waals surface area contributed by atoms with E-state index in [1.54, 1.807) is 4.72 Å². The second-order valence-corrected chi connectivity index (χ2v) is 4.89. The van der Waals surface area contributed by atoms with Crippen molar-refractivity contribution in [3.63, 3.8) is 0 Å². The first kappa shape index (κ1) is 12.1. The van der Waals surface area contributed by atoms with Crippen LogP contribution in [0, 0.1) is 17.5 Å². The molecule has 1 aromatic carbocycles. The number of benzene rings is 1. The van der Waals surface area contributed by atoms with Crippen molar-refractivity contribution in [3.05, 3.63) is 29.6 Å². The van der Waals surface area contributed by atoms with Crippen LogP contribution in [0.25, 0.3) is 0 Å². The van der Waals surface area contributed by atoms with E-state index in [9.17, 15) is 21.6 Å². The number of nitrogens with one attached hydrogen (secondary N) is 1. The van der Waals surface area contributed by atoms with Crippen LogP contribution < -0.4 is 4.72 Å². The molecule has 1 aromatic rings. The molecule has 0 saturated carbocycles. The van der Waals surface area contributed by atoms with Gasteiger partial charge in [-0.05, 0) is 0 Å². The van der Waals surface area contributed by atoms with Crippen LogP contribution in [-0.2, 0) is 10.0 Å². The Bertz CT molecular complexity index is 454. The van der Waals surface area contributed by atoms with Crippen LogP contribution in [0.5, 0.6) is 0 Å². The van der Waals surface area contributed by atoms with Gasteiger partial charge >= 0.3 is 0 Å². The number of hydrogen-bond donors (Lipinski definition) is 1. The molecule has 0 saturated heterocycles. The summed E-state index contributed by atoms with van der Waals surface area (Å²) < 4.78 is 61.3. The van der Waals surface area contributed by atoms with Crippen LogP contribution in [-0.4, -0.2) is 13.6 Å². The van der Waals surface area contributed by atoms with Gasteiger partial charge in [-0.15, -0.1) is 11.6 Å². The topological polar surface area (TPSA) is 46.2 Å². The molecular weight excluding hydrogens is 255 g/mol. The predicted molar refractivity (Wildman–Crippen MR) is 49.6 cm³/mol. The molecule has 0 atom stereocenters. The van der Waals surface area contributed by atoms with Crippen LogP contribution in [0.2, 0.25) is 0 Å². The van der Waals surface area contributed by atoms with Crippen molar-refractivity contribution in [2.45, 2.75) is 0 Å². The summed E-state index contributed by atoms with van der Waals surface area (Å²) in [5, 5.41) is -0.770. The van der Waals surface area contributed by atoms with Gasteiger partial charge in [0.25, 0.3) is 0 Å². The van der Waals surface area contributed by atoms with Gasteiger partial charge in [0.1, 0.15) is 5.21 Å². The zero-order valence-electron chi connectivity index (χ0n) is 7.10. The zero-order chi connectivity index (χ0) is 11.6. The van der Waals surface area contributed by atoms with Crippen LogP contribution in [0.3, 0.4) is 0 Å². The van der Waals surface area contributed by atoms with E-state index in [0.29, 0.717) is 12.1 Å².